The third-order valence-electron chi connectivity index (χ3n) is 10.5. The normalized spacial score (nSPS) is 26.5. The van der Waals surface area contributed by atoms with Crippen LogP contribution in [0.5, 0.6) is 5.75 Å². The smallest absolute Gasteiger partial charge is 0.248 e. The summed E-state index contributed by atoms with van der Waals surface area (Å²) in [5.74, 6) is -1.59. The number of aliphatic hydroxyl groups excluding tert-OH is 1. The fraction of sp³-hybridized carbons (Fsp3) is 0.486. The van der Waals surface area contributed by atoms with Crippen molar-refractivity contribution in [3.05, 3.63) is 73.8 Å². The molecule has 0 saturated carbocycles. The number of ether oxygens (including phenoxy) is 1. The molecule has 13 heteroatoms. The van der Waals surface area contributed by atoms with Crippen molar-refractivity contribution in [1.29, 1.82) is 0 Å². The van der Waals surface area contributed by atoms with Gasteiger partial charge in [-0.05, 0) is 55.7 Å². The van der Waals surface area contributed by atoms with Crippen molar-refractivity contribution in [2.45, 2.75) is 67.2 Å². The summed E-state index contributed by atoms with van der Waals surface area (Å²) in [5, 5.41) is 19.2. The molecule has 0 aliphatic carbocycles. The molecule has 2 bridgehead atoms. The van der Waals surface area contributed by atoms with Crippen molar-refractivity contribution in [3.63, 3.8) is 0 Å². The van der Waals surface area contributed by atoms with Gasteiger partial charge in [0, 0.05) is 28.9 Å². The van der Waals surface area contributed by atoms with Crippen molar-refractivity contribution in [2.24, 2.45) is 17.8 Å². The Morgan fingerprint density at radius 3 is 2.52 bits per heavy atom. The van der Waals surface area contributed by atoms with Crippen LogP contribution in [0.1, 0.15) is 33.6 Å². The molecule has 2 aromatic carbocycles. The molecular formula is C37H45BrN6O5S. The summed E-state index contributed by atoms with van der Waals surface area (Å²) in [7, 11) is 0. The van der Waals surface area contributed by atoms with Gasteiger partial charge in [0.1, 0.15) is 24.0 Å². The number of aromatic nitrogens is 3. The number of carbonyl (C=O) groups is 3. The molecule has 11 nitrogen and oxygen atoms in total. The van der Waals surface area contributed by atoms with Crippen molar-refractivity contribution >= 4 is 62.1 Å². The van der Waals surface area contributed by atoms with Crippen LogP contribution < -0.4 is 9.64 Å². The maximum absolute atomic E-state index is 15.1. The van der Waals surface area contributed by atoms with Crippen LogP contribution in [-0.2, 0) is 21.1 Å². The number of anilines is 1. The van der Waals surface area contributed by atoms with Gasteiger partial charge in [0.2, 0.25) is 17.7 Å². The molecule has 0 radical (unpaired) electrons. The molecule has 6 rings (SSSR count). The number of hydrogen-bond acceptors (Lipinski definition) is 8. The largest absolute Gasteiger partial charge is 0.494 e. The SMILES string of the molecule is C=CCN(Cn1nnc2ccccc21)C(=O)C1N([C@@H](CO)[C@@H](C)CC)C(=O)[C@@H]2[C@@H](C(=O)N(CC=C)c3ccc(OCC)cc3)[C@@H]3SC12CC3Br. The van der Waals surface area contributed by atoms with E-state index in [2.05, 4.69) is 39.4 Å². The van der Waals surface area contributed by atoms with Gasteiger partial charge < -0.3 is 24.5 Å². The fourth-order valence-corrected chi connectivity index (χ4v) is 11.6. The first-order chi connectivity index (χ1) is 24.1. The van der Waals surface area contributed by atoms with Crippen LogP contribution in [0.15, 0.2) is 73.8 Å². The summed E-state index contributed by atoms with van der Waals surface area (Å²) in [4.78, 5) is 49.8. The first-order valence-electron chi connectivity index (χ1n) is 17.2. The summed E-state index contributed by atoms with van der Waals surface area (Å²) in [6.07, 6.45) is 4.55. The van der Waals surface area contributed by atoms with Gasteiger partial charge in [-0.2, -0.15) is 0 Å². The number of carbonyl (C=O) groups excluding carboxylic acids is 3. The zero-order valence-corrected chi connectivity index (χ0v) is 31.1. The molecule has 3 aromatic rings. The quantitative estimate of drug-likeness (QED) is 0.172. The van der Waals surface area contributed by atoms with Crippen LogP contribution in [0.4, 0.5) is 5.69 Å². The number of amides is 3. The molecular weight excluding hydrogens is 720 g/mol. The Kier molecular flexibility index (Phi) is 10.8. The molecule has 3 amide bonds. The van der Waals surface area contributed by atoms with E-state index in [0.717, 1.165) is 5.52 Å². The van der Waals surface area contributed by atoms with E-state index >= 15 is 4.79 Å². The Bertz CT molecular complexity index is 1750. The number of thioether (sulfide) groups is 1. The van der Waals surface area contributed by atoms with Crippen molar-refractivity contribution in [3.8, 4) is 5.75 Å². The number of para-hydroxylation sites is 1. The average molecular weight is 766 g/mol. The summed E-state index contributed by atoms with van der Waals surface area (Å²) in [5.41, 5.74) is 2.15. The number of aliphatic hydroxyl groups is 1. The Morgan fingerprint density at radius 1 is 1.14 bits per heavy atom. The number of benzene rings is 2. The molecule has 3 fully saturated rings. The van der Waals surface area contributed by atoms with E-state index in [0.29, 0.717) is 36.4 Å². The highest BCUT2D eigenvalue weighted by Crippen LogP contribution is 2.68. The van der Waals surface area contributed by atoms with Crippen LogP contribution in [0.25, 0.3) is 11.0 Å². The lowest BCUT2D eigenvalue weighted by atomic mass is 9.70. The summed E-state index contributed by atoms with van der Waals surface area (Å²) in [6.45, 7) is 14.5. The van der Waals surface area contributed by atoms with Gasteiger partial charge >= 0.3 is 0 Å². The maximum Gasteiger partial charge on any atom is 0.248 e. The van der Waals surface area contributed by atoms with E-state index in [1.54, 1.807) is 43.3 Å². The zero-order chi connectivity index (χ0) is 35.7. The molecule has 1 N–H and O–H groups in total. The lowest BCUT2D eigenvalue weighted by Gasteiger charge is -2.41. The van der Waals surface area contributed by atoms with Gasteiger partial charge in [0.15, 0.2) is 0 Å². The van der Waals surface area contributed by atoms with Crippen molar-refractivity contribution in [2.75, 3.05) is 31.2 Å². The number of rotatable bonds is 15. The Balaban J connectivity index is 1.42. The minimum Gasteiger partial charge on any atom is -0.494 e. The molecule has 3 unspecified atom stereocenters. The van der Waals surface area contributed by atoms with Crippen LogP contribution >= 0.6 is 27.7 Å². The van der Waals surface area contributed by atoms with E-state index in [1.807, 2.05) is 69.3 Å². The van der Waals surface area contributed by atoms with E-state index in [9.17, 15) is 14.7 Å². The van der Waals surface area contributed by atoms with E-state index in [4.69, 9.17) is 4.74 Å². The number of alkyl halides is 1. The first-order valence-corrected chi connectivity index (χ1v) is 19.0. The highest BCUT2D eigenvalue weighted by atomic mass is 79.9. The van der Waals surface area contributed by atoms with Gasteiger partial charge in [0.25, 0.3) is 0 Å². The van der Waals surface area contributed by atoms with E-state index < -0.39 is 28.7 Å². The van der Waals surface area contributed by atoms with Gasteiger partial charge in [0.05, 0.1) is 41.4 Å². The number of likely N-dealkylation sites (tertiary alicyclic amines) is 1. The minimum absolute atomic E-state index is 0.0941. The van der Waals surface area contributed by atoms with Crippen LogP contribution in [0, 0.1) is 17.8 Å². The summed E-state index contributed by atoms with van der Waals surface area (Å²) >= 11 is 5.47. The third-order valence-corrected chi connectivity index (χ3v) is 13.7. The zero-order valence-electron chi connectivity index (χ0n) is 28.7. The molecule has 1 aromatic heterocycles. The third kappa shape index (κ3) is 6.04. The Hall–Kier alpha value is -3.68. The van der Waals surface area contributed by atoms with Gasteiger partial charge in [-0.3, -0.25) is 14.4 Å². The highest BCUT2D eigenvalue weighted by molar-refractivity contribution is 9.09. The van der Waals surface area contributed by atoms with Crippen molar-refractivity contribution < 1.29 is 24.2 Å². The lowest BCUT2D eigenvalue weighted by Crippen LogP contribution is -2.59. The first kappa shape index (κ1) is 36.1. The van der Waals surface area contributed by atoms with Gasteiger partial charge in [-0.1, -0.05) is 65.7 Å². The topological polar surface area (TPSA) is 121 Å². The second-order valence-electron chi connectivity index (χ2n) is 13.3. The number of halogens is 1. The number of hydrogen-bond donors (Lipinski definition) is 1. The number of nitrogens with zero attached hydrogens (tertiary/aromatic N) is 6. The molecule has 4 heterocycles. The molecule has 3 aliphatic heterocycles. The van der Waals surface area contributed by atoms with Gasteiger partial charge in [-0.15, -0.1) is 30.0 Å². The monoisotopic (exact) mass is 764 g/mol. The standard InChI is InChI=1S/C37H45BrN6O5S/c1-6-18-41(22-43-28-13-11-10-12-27(28)39-40-43)36(48)33-37-20-26(38)32(50-37)30(31(37)35(47)44(33)29(21-45)23(5)8-3)34(46)42(19-7-2)24-14-16-25(17-15-24)49-9-4/h6-7,10-17,23,26,29-33,45H,1-2,8-9,18-22H2,3-5H3/t23-,26?,29-,30+,31-,32+,33?,37?/m0/s1. The molecule has 50 heavy (non-hydrogen) atoms. The van der Waals surface area contributed by atoms with Crippen LogP contribution in [-0.4, -0.2) is 101 Å². The number of fused-ring (bicyclic) bond motifs is 2. The van der Waals surface area contributed by atoms with E-state index in [-0.39, 0.29) is 60.1 Å². The highest BCUT2D eigenvalue weighted by Gasteiger charge is 2.76. The Morgan fingerprint density at radius 2 is 1.86 bits per heavy atom. The molecule has 8 atom stereocenters. The van der Waals surface area contributed by atoms with Crippen molar-refractivity contribution in [1.82, 2.24) is 24.8 Å². The Labute approximate surface area is 305 Å². The molecule has 1 spiro atoms. The predicted molar refractivity (Wildman–Crippen MR) is 199 cm³/mol. The minimum atomic E-state index is -0.924. The maximum atomic E-state index is 15.1. The van der Waals surface area contributed by atoms with E-state index in [1.165, 1.54) is 0 Å². The molecule has 3 saturated heterocycles. The van der Waals surface area contributed by atoms with Crippen LogP contribution in [0.3, 0.4) is 0 Å². The summed E-state index contributed by atoms with van der Waals surface area (Å²) in [6, 6.07) is 13.3. The summed E-state index contributed by atoms with van der Waals surface area (Å²) < 4.78 is 6.40. The average Bonchev–Trinajstić information content (AvgIpc) is 3.84. The molecule has 266 valence electrons. The lowest BCUT2D eigenvalue weighted by molar-refractivity contribution is -0.147. The van der Waals surface area contributed by atoms with Crippen LogP contribution in [0.2, 0.25) is 0 Å². The van der Waals surface area contributed by atoms with Gasteiger partial charge in [-0.25, -0.2) is 4.68 Å². The second-order valence-corrected chi connectivity index (χ2v) is 16.0. The predicted octanol–water partition coefficient (Wildman–Crippen LogP) is 4.89. The fourth-order valence-electron chi connectivity index (χ4n) is 8.05. The second kappa shape index (κ2) is 14.9. The molecule has 3 aliphatic rings.